The van der Waals surface area contributed by atoms with E-state index in [-0.39, 0.29) is 5.95 Å². The van der Waals surface area contributed by atoms with Gasteiger partial charge in [-0.05, 0) is 50.2 Å². The van der Waals surface area contributed by atoms with E-state index in [1.54, 1.807) is 0 Å². The number of aromatic nitrogens is 3. The van der Waals surface area contributed by atoms with E-state index < -0.39 is 11.6 Å². The molecule has 3 rings (SSSR count). The van der Waals surface area contributed by atoms with E-state index in [0.29, 0.717) is 11.5 Å². The summed E-state index contributed by atoms with van der Waals surface area (Å²) in [6, 6.07) is 11.4. The van der Waals surface area contributed by atoms with Crippen LogP contribution in [-0.2, 0) is 0 Å². The summed E-state index contributed by atoms with van der Waals surface area (Å²) in [5.74, 6) is -1.19. The van der Waals surface area contributed by atoms with Crippen LogP contribution in [0.3, 0.4) is 0 Å². The Labute approximate surface area is 156 Å². The largest absolute Gasteiger partial charge is 0.372 e. The van der Waals surface area contributed by atoms with Crippen LogP contribution < -0.4 is 15.5 Å². The van der Waals surface area contributed by atoms with Gasteiger partial charge in [-0.1, -0.05) is 0 Å². The molecule has 0 atom stereocenters. The Kier molecular flexibility index (Phi) is 5.75. The molecule has 1 aromatic heterocycles. The maximum atomic E-state index is 13.3. The number of anilines is 5. The Morgan fingerprint density at radius 1 is 0.889 bits per heavy atom. The first kappa shape index (κ1) is 18.5. The van der Waals surface area contributed by atoms with Gasteiger partial charge >= 0.3 is 0 Å². The van der Waals surface area contributed by atoms with E-state index in [1.807, 2.05) is 24.3 Å². The first-order chi connectivity index (χ1) is 13.1. The Hall–Kier alpha value is -3.29. The van der Waals surface area contributed by atoms with Gasteiger partial charge in [0.25, 0.3) is 0 Å². The van der Waals surface area contributed by atoms with Gasteiger partial charge in [-0.15, -0.1) is 5.10 Å². The molecule has 0 radical (unpaired) electrons. The lowest BCUT2D eigenvalue weighted by molar-refractivity contribution is 0.509. The lowest BCUT2D eigenvalue weighted by Crippen LogP contribution is -2.21. The minimum absolute atomic E-state index is 0.290. The fourth-order valence-electron chi connectivity index (χ4n) is 2.61. The molecule has 0 spiro atoms. The summed E-state index contributed by atoms with van der Waals surface area (Å²) in [7, 11) is 0. The molecule has 27 heavy (non-hydrogen) atoms. The predicted octanol–water partition coefficient (Wildman–Crippen LogP) is 4.48. The number of nitrogens with one attached hydrogen (secondary N) is 2. The topological polar surface area (TPSA) is 66.0 Å². The molecule has 0 aliphatic heterocycles. The minimum Gasteiger partial charge on any atom is -0.372 e. The van der Waals surface area contributed by atoms with Crippen molar-refractivity contribution in [3.63, 3.8) is 0 Å². The average molecular weight is 370 g/mol. The highest BCUT2D eigenvalue weighted by Crippen LogP contribution is 2.21. The Morgan fingerprint density at radius 3 is 2.26 bits per heavy atom. The van der Waals surface area contributed by atoms with Crippen molar-refractivity contribution in [1.82, 2.24) is 15.2 Å². The van der Waals surface area contributed by atoms with Crippen molar-refractivity contribution in [2.75, 3.05) is 28.6 Å². The number of hydrogen-bond donors (Lipinski definition) is 2. The molecule has 2 N–H and O–H groups in total. The van der Waals surface area contributed by atoms with Crippen molar-refractivity contribution in [2.45, 2.75) is 13.8 Å². The van der Waals surface area contributed by atoms with E-state index >= 15 is 0 Å². The second-order valence-electron chi connectivity index (χ2n) is 5.76. The van der Waals surface area contributed by atoms with Crippen LogP contribution in [0.25, 0.3) is 0 Å². The van der Waals surface area contributed by atoms with E-state index in [9.17, 15) is 8.78 Å². The molecule has 140 valence electrons. The van der Waals surface area contributed by atoms with Crippen LogP contribution >= 0.6 is 0 Å². The molecule has 0 saturated carbocycles. The highest BCUT2D eigenvalue weighted by Gasteiger charge is 2.06. The van der Waals surface area contributed by atoms with E-state index in [1.165, 1.54) is 12.3 Å². The van der Waals surface area contributed by atoms with Gasteiger partial charge in [0.1, 0.15) is 0 Å². The van der Waals surface area contributed by atoms with Crippen molar-refractivity contribution >= 4 is 28.8 Å². The third kappa shape index (κ3) is 4.66. The van der Waals surface area contributed by atoms with Crippen LogP contribution in [0.15, 0.2) is 48.7 Å². The summed E-state index contributed by atoms with van der Waals surface area (Å²) >= 11 is 0. The van der Waals surface area contributed by atoms with Crippen molar-refractivity contribution < 1.29 is 8.78 Å². The molecule has 8 heteroatoms. The summed E-state index contributed by atoms with van der Waals surface area (Å²) in [6.07, 6.45) is 1.40. The van der Waals surface area contributed by atoms with Crippen molar-refractivity contribution in [2.24, 2.45) is 0 Å². The summed E-state index contributed by atoms with van der Waals surface area (Å²) in [6.45, 7) is 6.10. The molecule has 1 heterocycles. The zero-order valence-electron chi connectivity index (χ0n) is 15.1. The van der Waals surface area contributed by atoms with Crippen molar-refractivity contribution in [1.29, 1.82) is 0 Å². The molecular weight excluding hydrogens is 350 g/mol. The first-order valence-corrected chi connectivity index (χ1v) is 8.63. The van der Waals surface area contributed by atoms with Gasteiger partial charge in [-0.2, -0.15) is 10.1 Å². The number of nitrogens with zero attached hydrogens (tertiary/aromatic N) is 4. The Bertz CT molecular complexity index is 897. The van der Waals surface area contributed by atoms with E-state index in [4.69, 9.17) is 0 Å². The van der Waals surface area contributed by atoms with Gasteiger partial charge in [-0.3, -0.25) is 0 Å². The molecule has 0 fully saturated rings. The number of rotatable bonds is 7. The molecule has 0 amide bonds. The van der Waals surface area contributed by atoms with Gasteiger partial charge in [0.15, 0.2) is 17.5 Å². The number of benzene rings is 2. The highest BCUT2D eigenvalue weighted by atomic mass is 19.2. The van der Waals surface area contributed by atoms with Crippen LogP contribution in [0.1, 0.15) is 13.8 Å². The Balaban J connectivity index is 1.71. The zero-order chi connectivity index (χ0) is 19.2. The molecule has 0 unspecified atom stereocenters. The maximum absolute atomic E-state index is 13.3. The van der Waals surface area contributed by atoms with Gasteiger partial charge in [-0.25, -0.2) is 8.78 Å². The lowest BCUT2D eigenvalue weighted by atomic mass is 10.2. The van der Waals surface area contributed by atoms with Gasteiger partial charge in [0.2, 0.25) is 5.95 Å². The fraction of sp³-hybridized carbons (Fsp3) is 0.211. The summed E-state index contributed by atoms with van der Waals surface area (Å²) < 4.78 is 26.3. The highest BCUT2D eigenvalue weighted by molar-refractivity contribution is 5.61. The third-order valence-corrected chi connectivity index (χ3v) is 4.00. The van der Waals surface area contributed by atoms with Gasteiger partial charge in [0, 0.05) is 36.2 Å². The van der Waals surface area contributed by atoms with Crippen molar-refractivity contribution in [3.8, 4) is 0 Å². The van der Waals surface area contributed by atoms with Crippen LogP contribution in [0, 0.1) is 11.6 Å². The molecule has 6 nitrogen and oxygen atoms in total. The maximum Gasteiger partial charge on any atom is 0.249 e. The third-order valence-electron chi connectivity index (χ3n) is 4.00. The standard InChI is InChI=1S/C19H20F2N6/c1-3-27(4-2)15-8-5-13(6-9-15)24-19-25-18(12-22-26-19)23-14-7-10-16(20)17(21)11-14/h5-12H,3-4H2,1-2H3,(H2,23,24,25,26). The number of halogens is 2. The number of hydrogen-bond acceptors (Lipinski definition) is 6. The molecule has 2 aromatic carbocycles. The van der Waals surface area contributed by atoms with Crippen LogP contribution in [0.2, 0.25) is 0 Å². The normalized spacial score (nSPS) is 10.5. The smallest absolute Gasteiger partial charge is 0.249 e. The second-order valence-corrected chi connectivity index (χ2v) is 5.76. The lowest BCUT2D eigenvalue weighted by Gasteiger charge is -2.21. The zero-order valence-corrected chi connectivity index (χ0v) is 15.1. The first-order valence-electron chi connectivity index (χ1n) is 8.63. The molecule has 0 aliphatic carbocycles. The minimum atomic E-state index is -0.936. The molecule has 0 saturated heterocycles. The van der Waals surface area contributed by atoms with E-state index in [2.05, 4.69) is 44.6 Å². The summed E-state index contributed by atoms with van der Waals surface area (Å²) in [4.78, 5) is 6.53. The van der Waals surface area contributed by atoms with Crippen LogP contribution in [0.4, 0.5) is 37.6 Å². The molecule has 0 aliphatic rings. The second kappa shape index (κ2) is 8.39. The SMILES string of the molecule is CCN(CC)c1ccc(Nc2nncc(Nc3ccc(F)c(F)c3)n2)cc1. The summed E-state index contributed by atoms with van der Waals surface area (Å²) in [5.41, 5.74) is 2.32. The van der Waals surface area contributed by atoms with Gasteiger partial charge in [0.05, 0.1) is 6.20 Å². The average Bonchev–Trinajstić information content (AvgIpc) is 2.67. The molecule has 3 aromatic rings. The quantitative estimate of drug-likeness (QED) is 0.639. The fourth-order valence-corrected chi connectivity index (χ4v) is 2.61. The Morgan fingerprint density at radius 2 is 1.59 bits per heavy atom. The molecular formula is C19H20F2N6. The monoisotopic (exact) mass is 370 g/mol. The van der Waals surface area contributed by atoms with Crippen LogP contribution in [-0.4, -0.2) is 28.3 Å². The molecule has 0 bridgehead atoms. The summed E-state index contributed by atoms with van der Waals surface area (Å²) in [5, 5.41) is 13.8. The van der Waals surface area contributed by atoms with Gasteiger partial charge < -0.3 is 15.5 Å². The predicted molar refractivity (Wildman–Crippen MR) is 103 cm³/mol. The van der Waals surface area contributed by atoms with E-state index in [0.717, 1.165) is 36.6 Å². The van der Waals surface area contributed by atoms with Crippen LogP contribution in [0.5, 0.6) is 0 Å². The van der Waals surface area contributed by atoms with Crippen molar-refractivity contribution in [3.05, 3.63) is 60.3 Å².